The number of ether oxygens (including phenoxy) is 2. The molecular formula is C22H42O4. The Kier molecular flexibility index (Phi) is 10.5. The number of hydrogen-bond acceptors (Lipinski definition) is 4. The van der Waals surface area contributed by atoms with E-state index < -0.39 is 0 Å². The summed E-state index contributed by atoms with van der Waals surface area (Å²) in [5.41, 5.74) is 0. The second-order valence-electron chi connectivity index (χ2n) is 8.39. The van der Waals surface area contributed by atoms with Crippen molar-refractivity contribution in [1.29, 1.82) is 0 Å². The van der Waals surface area contributed by atoms with Crippen LogP contribution < -0.4 is 0 Å². The molecule has 0 radical (unpaired) electrons. The molecule has 0 amide bonds. The average molecular weight is 371 g/mol. The van der Waals surface area contributed by atoms with E-state index in [9.17, 15) is 10.2 Å². The van der Waals surface area contributed by atoms with Gasteiger partial charge in [0.25, 0.3) is 0 Å². The van der Waals surface area contributed by atoms with E-state index in [1.54, 1.807) is 0 Å². The van der Waals surface area contributed by atoms with Gasteiger partial charge < -0.3 is 19.7 Å². The van der Waals surface area contributed by atoms with Gasteiger partial charge in [0, 0.05) is 0 Å². The Labute approximate surface area is 160 Å². The van der Waals surface area contributed by atoms with Gasteiger partial charge in [-0.3, -0.25) is 0 Å². The van der Waals surface area contributed by atoms with E-state index in [-0.39, 0.29) is 36.6 Å². The van der Waals surface area contributed by atoms with Crippen LogP contribution in [0, 0.1) is 0 Å². The number of rotatable bonds is 13. The lowest BCUT2D eigenvalue weighted by atomic mass is 10.0. The summed E-state index contributed by atoms with van der Waals surface area (Å²) in [6, 6.07) is 0. The van der Waals surface area contributed by atoms with Gasteiger partial charge in [0.1, 0.15) is 0 Å². The lowest BCUT2D eigenvalue weighted by molar-refractivity contribution is -0.109. The quantitative estimate of drug-likeness (QED) is 0.460. The highest BCUT2D eigenvalue weighted by Crippen LogP contribution is 2.34. The molecule has 2 saturated heterocycles. The highest BCUT2D eigenvalue weighted by molar-refractivity contribution is 4.89. The van der Waals surface area contributed by atoms with Crippen LogP contribution >= 0.6 is 0 Å². The molecule has 0 saturated carbocycles. The van der Waals surface area contributed by atoms with Crippen molar-refractivity contribution >= 4 is 0 Å². The fourth-order valence-corrected chi connectivity index (χ4v) is 4.43. The lowest BCUT2D eigenvalue weighted by Gasteiger charge is -2.24. The zero-order valence-electron chi connectivity index (χ0n) is 17.1. The molecule has 26 heavy (non-hydrogen) atoms. The Hall–Kier alpha value is -0.160. The fraction of sp³-hybridized carbons (Fsp3) is 1.00. The van der Waals surface area contributed by atoms with Crippen LogP contribution in [0.1, 0.15) is 104 Å². The van der Waals surface area contributed by atoms with E-state index in [1.807, 2.05) is 6.92 Å². The zero-order chi connectivity index (χ0) is 18.8. The molecule has 0 aliphatic carbocycles. The van der Waals surface area contributed by atoms with Gasteiger partial charge in [0.15, 0.2) is 0 Å². The maximum Gasteiger partial charge on any atom is 0.0842 e. The molecule has 2 N–H and O–H groups in total. The highest BCUT2D eigenvalue weighted by atomic mass is 16.6. The first-order chi connectivity index (χ1) is 12.7. The van der Waals surface area contributed by atoms with Crippen LogP contribution in [0.2, 0.25) is 0 Å². The molecule has 0 aromatic carbocycles. The maximum atomic E-state index is 10.5. The third kappa shape index (κ3) is 7.10. The van der Waals surface area contributed by atoms with Crippen molar-refractivity contribution in [3.63, 3.8) is 0 Å². The number of hydrogen-bond donors (Lipinski definition) is 2. The van der Waals surface area contributed by atoms with Crippen molar-refractivity contribution in [3.8, 4) is 0 Å². The molecule has 0 aromatic rings. The topological polar surface area (TPSA) is 58.9 Å². The summed E-state index contributed by atoms with van der Waals surface area (Å²) in [4.78, 5) is 0. The SMILES string of the molecule is CCCCCCCCCC[C@@H](O)[C@H]1CC[C@H]([C@H]2CC[C@H]([C@H](O)CC)O2)O1. The second kappa shape index (κ2) is 12.3. The molecule has 4 heteroatoms. The molecule has 2 heterocycles. The van der Waals surface area contributed by atoms with Crippen molar-refractivity contribution in [3.05, 3.63) is 0 Å². The Morgan fingerprint density at radius 1 is 0.692 bits per heavy atom. The van der Waals surface area contributed by atoms with Crippen molar-refractivity contribution in [2.24, 2.45) is 0 Å². The first-order valence-electron chi connectivity index (χ1n) is 11.3. The van der Waals surface area contributed by atoms with Gasteiger partial charge in [-0.1, -0.05) is 65.2 Å². The minimum Gasteiger partial charge on any atom is -0.390 e. The summed E-state index contributed by atoms with van der Waals surface area (Å²) in [7, 11) is 0. The Morgan fingerprint density at radius 2 is 1.19 bits per heavy atom. The normalized spacial score (nSPS) is 31.4. The van der Waals surface area contributed by atoms with Crippen molar-refractivity contribution < 1.29 is 19.7 Å². The number of unbranched alkanes of at least 4 members (excludes halogenated alkanes) is 7. The summed E-state index contributed by atoms with van der Waals surface area (Å²) >= 11 is 0. The third-order valence-electron chi connectivity index (χ3n) is 6.22. The van der Waals surface area contributed by atoms with Crippen LogP contribution in [0.15, 0.2) is 0 Å². The Bertz CT molecular complexity index is 362. The van der Waals surface area contributed by atoms with Crippen molar-refractivity contribution in [2.45, 2.75) is 140 Å². The number of aliphatic hydroxyl groups excluding tert-OH is 2. The van der Waals surface area contributed by atoms with Crippen LogP contribution in [-0.2, 0) is 9.47 Å². The summed E-state index contributed by atoms with van der Waals surface area (Å²) in [6.45, 7) is 4.24. The molecule has 2 fully saturated rings. The first kappa shape index (κ1) is 22.1. The molecule has 6 atom stereocenters. The Morgan fingerprint density at radius 3 is 1.73 bits per heavy atom. The largest absolute Gasteiger partial charge is 0.390 e. The molecule has 0 spiro atoms. The minimum absolute atomic E-state index is 0.0247. The van der Waals surface area contributed by atoms with E-state index in [2.05, 4.69) is 6.92 Å². The van der Waals surface area contributed by atoms with Crippen molar-refractivity contribution in [1.82, 2.24) is 0 Å². The molecular weight excluding hydrogens is 328 g/mol. The zero-order valence-corrected chi connectivity index (χ0v) is 17.1. The van der Waals surface area contributed by atoms with Gasteiger partial charge in [0.2, 0.25) is 0 Å². The molecule has 4 nitrogen and oxygen atoms in total. The molecule has 0 aromatic heterocycles. The van der Waals surface area contributed by atoms with Gasteiger partial charge in [-0.05, 0) is 38.5 Å². The van der Waals surface area contributed by atoms with Gasteiger partial charge in [-0.25, -0.2) is 0 Å². The van der Waals surface area contributed by atoms with Gasteiger partial charge in [0.05, 0.1) is 36.6 Å². The fourth-order valence-electron chi connectivity index (χ4n) is 4.43. The van der Waals surface area contributed by atoms with E-state index in [0.717, 1.165) is 44.9 Å². The predicted molar refractivity (Wildman–Crippen MR) is 105 cm³/mol. The smallest absolute Gasteiger partial charge is 0.0842 e. The van der Waals surface area contributed by atoms with Crippen LogP contribution in [0.25, 0.3) is 0 Å². The van der Waals surface area contributed by atoms with Gasteiger partial charge in [-0.2, -0.15) is 0 Å². The van der Waals surface area contributed by atoms with Crippen LogP contribution in [-0.4, -0.2) is 46.8 Å². The van der Waals surface area contributed by atoms with Gasteiger partial charge in [-0.15, -0.1) is 0 Å². The third-order valence-corrected chi connectivity index (χ3v) is 6.22. The predicted octanol–water partition coefficient (Wildman–Crippen LogP) is 4.74. The summed E-state index contributed by atoms with van der Waals surface area (Å²) in [5.74, 6) is 0. The lowest BCUT2D eigenvalue weighted by Crippen LogP contribution is -2.33. The monoisotopic (exact) mass is 370 g/mol. The summed E-state index contributed by atoms with van der Waals surface area (Å²) in [5, 5.41) is 20.4. The average Bonchev–Trinajstić information content (AvgIpc) is 3.32. The molecule has 2 rings (SSSR count). The molecule has 154 valence electrons. The van der Waals surface area contributed by atoms with Gasteiger partial charge >= 0.3 is 0 Å². The summed E-state index contributed by atoms with van der Waals surface area (Å²) in [6.07, 6.45) is 15.2. The van der Waals surface area contributed by atoms with Crippen LogP contribution in [0.4, 0.5) is 0 Å². The van der Waals surface area contributed by atoms with Crippen LogP contribution in [0.5, 0.6) is 0 Å². The second-order valence-corrected chi connectivity index (χ2v) is 8.39. The van der Waals surface area contributed by atoms with Crippen molar-refractivity contribution in [2.75, 3.05) is 0 Å². The number of aliphatic hydroxyl groups is 2. The standard InChI is InChI=1S/C22H42O4/c1-3-5-6-7-8-9-10-11-12-18(24)20-14-16-22(26-20)21-15-13-19(25-21)17(23)4-2/h17-24H,3-16H2,1-2H3/t17-,18-,19-,20-,21-,22-/m1/s1. The molecule has 2 aliphatic rings. The first-order valence-corrected chi connectivity index (χ1v) is 11.3. The molecule has 2 aliphatic heterocycles. The van der Waals surface area contributed by atoms with E-state index in [1.165, 1.54) is 44.9 Å². The maximum absolute atomic E-state index is 10.5. The van der Waals surface area contributed by atoms with Crippen LogP contribution in [0.3, 0.4) is 0 Å². The van der Waals surface area contributed by atoms with E-state index >= 15 is 0 Å². The summed E-state index contributed by atoms with van der Waals surface area (Å²) < 4.78 is 12.2. The highest BCUT2D eigenvalue weighted by Gasteiger charge is 2.40. The molecule has 0 unspecified atom stereocenters. The minimum atomic E-state index is -0.357. The molecule has 0 bridgehead atoms. The van der Waals surface area contributed by atoms with E-state index in [0.29, 0.717) is 0 Å². The Balaban J connectivity index is 1.55. The van der Waals surface area contributed by atoms with E-state index in [4.69, 9.17) is 9.47 Å².